The first-order valence-corrected chi connectivity index (χ1v) is 9.81. The molecule has 0 saturated heterocycles. The van der Waals surface area contributed by atoms with E-state index in [1.165, 1.54) is 17.5 Å². The quantitative estimate of drug-likeness (QED) is 0.719. The molecule has 0 atom stereocenters. The lowest BCUT2D eigenvalue weighted by atomic mass is 10.2. The molecule has 1 aromatic carbocycles. The Hall–Kier alpha value is -1.67. The largest absolute Gasteiger partial charge is 0.356 e. The highest BCUT2D eigenvalue weighted by molar-refractivity contribution is 7.89. The molecular weight excluding hydrogens is 368 g/mol. The monoisotopic (exact) mass is 382 g/mol. The van der Waals surface area contributed by atoms with Gasteiger partial charge >= 0.3 is 0 Å². The number of benzene rings is 1. The van der Waals surface area contributed by atoms with Crippen molar-refractivity contribution in [1.82, 2.24) is 9.88 Å². The third-order valence-electron chi connectivity index (χ3n) is 3.54. The number of rotatable bonds is 5. The van der Waals surface area contributed by atoms with Gasteiger partial charge in [-0.25, -0.2) is 13.1 Å². The molecule has 2 heterocycles. The Bertz CT molecular complexity index is 946. The number of nitrogens with zero attached hydrogens (tertiary/aromatic N) is 1. The Kier molecular flexibility index (Phi) is 4.78. The van der Waals surface area contributed by atoms with Crippen molar-refractivity contribution in [2.24, 2.45) is 0 Å². The zero-order valence-electron chi connectivity index (χ0n) is 13.0. The Morgan fingerprint density at radius 1 is 1.17 bits per heavy atom. The maximum atomic E-state index is 12.8. The van der Waals surface area contributed by atoms with Crippen LogP contribution in [0.1, 0.15) is 15.3 Å². The first kappa shape index (κ1) is 17.2. The lowest BCUT2D eigenvalue weighted by Gasteiger charge is -2.09. The molecule has 0 bridgehead atoms. The molecule has 0 unspecified atom stereocenters. The van der Waals surface area contributed by atoms with Crippen LogP contribution < -0.4 is 4.72 Å². The van der Waals surface area contributed by atoms with Crippen molar-refractivity contribution in [1.29, 1.82) is 0 Å². The van der Waals surface area contributed by atoms with E-state index in [2.05, 4.69) is 9.88 Å². The van der Waals surface area contributed by atoms with Crippen LogP contribution in [0.4, 0.5) is 0 Å². The number of hydrogen-bond acceptors (Lipinski definition) is 5. The molecule has 0 aliphatic heterocycles. The van der Waals surface area contributed by atoms with Crippen molar-refractivity contribution in [3.05, 3.63) is 56.9 Å². The van der Waals surface area contributed by atoms with Gasteiger partial charge in [-0.1, -0.05) is 28.9 Å². The Balaban J connectivity index is 1.94. The van der Waals surface area contributed by atoms with Crippen molar-refractivity contribution in [3.8, 4) is 11.3 Å². The van der Waals surface area contributed by atoms with E-state index in [1.807, 2.05) is 6.92 Å². The molecule has 3 aromatic rings. The summed E-state index contributed by atoms with van der Waals surface area (Å²) in [6.07, 6.45) is 1.50. The van der Waals surface area contributed by atoms with Gasteiger partial charge in [0.1, 0.15) is 4.90 Å². The molecule has 0 fully saturated rings. The summed E-state index contributed by atoms with van der Waals surface area (Å²) in [4.78, 5) is 1.83. The summed E-state index contributed by atoms with van der Waals surface area (Å²) >= 11 is 7.27. The number of halogens is 1. The highest BCUT2D eigenvalue weighted by atomic mass is 35.5. The van der Waals surface area contributed by atoms with Crippen LogP contribution in [0.25, 0.3) is 11.3 Å². The van der Waals surface area contributed by atoms with Crippen LogP contribution >= 0.6 is 22.9 Å². The molecule has 3 rings (SSSR count). The second kappa shape index (κ2) is 6.68. The molecule has 24 heavy (non-hydrogen) atoms. The Labute approximate surface area is 149 Å². The van der Waals surface area contributed by atoms with Crippen LogP contribution in [0.2, 0.25) is 5.02 Å². The van der Waals surface area contributed by atoms with E-state index >= 15 is 0 Å². The van der Waals surface area contributed by atoms with Crippen LogP contribution in [-0.2, 0) is 16.6 Å². The van der Waals surface area contributed by atoms with Gasteiger partial charge in [-0.3, -0.25) is 0 Å². The third kappa shape index (κ3) is 3.39. The number of thiophene rings is 1. The van der Waals surface area contributed by atoms with Gasteiger partial charge in [0.2, 0.25) is 10.0 Å². The van der Waals surface area contributed by atoms with Crippen molar-refractivity contribution in [3.63, 3.8) is 0 Å². The van der Waals surface area contributed by atoms with E-state index in [1.54, 1.807) is 37.3 Å². The van der Waals surface area contributed by atoms with Gasteiger partial charge in [0.25, 0.3) is 0 Å². The molecule has 5 nitrogen and oxygen atoms in total. The minimum absolute atomic E-state index is 0.184. The number of sulfonamides is 1. The maximum Gasteiger partial charge on any atom is 0.242 e. The Morgan fingerprint density at radius 3 is 2.50 bits per heavy atom. The van der Waals surface area contributed by atoms with E-state index < -0.39 is 10.0 Å². The summed E-state index contributed by atoms with van der Waals surface area (Å²) in [6, 6.07) is 8.69. The molecule has 0 aliphatic carbocycles. The van der Waals surface area contributed by atoms with Crippen LogP contribution in [0.15, 0.2) is 45.9 Å². The maximum absolute atomic E-state index is 12.8. The Morgan fingerprint density at radius 2 is 1.88 bits per heavy atom. The fraction of sp³-hybridized carbons (Fsp3) is 0.188. The van der Waals surface area contributed by atoms with Crippen molar-refractivity contribution in [2.75, 3.05) is 0 Å². The molecule has 0 aliphatic rings. The fourth-order valence-electron chi connectivity index (χ4n) is 2.47. The van der Waals surface area contributed by atoms with Gasteiger partial charge < -0.3 is 4.52 Å². The summed E-state index contributed by atoms with van der Waals surface area (Å²) < 4.78 is 33.5. The standard InChI is InChI=1S/C16H15ClN2O3S2/c1-10-15(14-7-8-18-22-14)16(11(2)23-10)24(20,21)19-9-12-3-5-13(17)6-4-12/h3-8,19H,9H2,1-2H3. The van der Waals surface area contributed by atoms with Crippen molar-refractivity contribution >= 4 is 33.0 Å². The first-order chi connectivity index (χ1) is 11.4. The molecule has 1 N–H and O–H groups in total. The van der Waals surface area contributed by atoms with Crippen LogP contribution in [0.5, 0.6) is 0 Å². The number of aryl methyl sites for hydroxylation is 2. The van der Waals surface area contributed by atoms with E-state index in [9.17, 15) is 8.42 Å². The second-order valence-electron chi connectivity index (χ2n) is 5.25. The summed E-state index contributed by atoms with van der Waals surface area (Å²) in [7, 11) is -3.70. The number of aromatic nitrogens is 1. The number of nitrogens with one attached hydrogen (secondary N) is 1. The van der Waals surface area contributed by atoms with E-state index in [0.29, 0.717) is 21.2 Å². The molecular formula is C16H15ClN2O3S2. The molecule has 0 radical (unpaired) electrons. The summed E-state index contributed by atoms with van der Waals surface area (Å²) in [5.74, 6) is 0.448. The minimum atomic E-state index is -3.70. The predicted octanol–water partition coefficient (Wildman–Crippen LogP) is 4.15. The van der Waals surface area contributed by atoms with E-state index in [4.69, 9.17) is 16.1 Å². The summed E-state index contributed by atoms with van der Waals surface area (Å²) in [5.41, 5.74) is 1.40. The smallest absolute Gasteiger partial charge is 0.242 e. The lowest BCUT2D eigenvalue weighted by molar-refractivity contribution is 0.431. The molecule has 0 spiro atoms. The molecule has 0 amide bonds. The van der Waals surface area contributed by atoms with Gasteiger partial charge in [-0.05, 0) is 31.5 Å². The molecule has 2 aromatic heterocycles. The van der Waals surface area contributed by atoms with E-state index in [-0.39, 0.29) is 11.4 Å². The van der Waals surface area contributed by atoms with Gasteiger partial charge in [0, 0.05) is 27.4 Å². The highest BCUT2D eigenvalue weighted by Gasteiger charge is 2.27. The van der Waals surface area contributed by atoms with E-state index in [0.717, 1.165) is 10.4 Å². The average molecular weight is 383 g/mol. The van der Waals surface area contributed by atoms with Crippen LogP contribution in [-0.4, -0.2) is 13.6 Å². The number of hydrogen-bond donors (Lipinski definition) is 1. The summed E-state index contributed by atoms with van der Waals surface area (Å²) in [6.45, 7) is 3.84. The van der Waals surface area contributed by atoms with Crippen molar-refractivity contribution < 1.29 is 12.9 Å². The molecule has 126 valence electrons. The molecule has 8 heteroatoms. The SMILES string of the molecule is Cc1sc(C)c(S(=O)(=O)NCc2ccc(Cl)cc2)c1-c1ccno1. The van der Waals surface area contributed by atoms with Crippen molar-refractivity contribution in [2.45, 2.75) is 25.3 Å². The normalized spacial score (nSPS) is 11.8. The van der Waals surface area contributed by atoms with Gasteiger partial charge in [0.15, 0.2) is 5.76 Å². The summed E-state index contributed by atoms with van der Waals surface area (Å²) in [5, 5.41) is 4.29. The third-order valence-corrected chi connectivity index (χ3v) is 6.51. The lowest BCUT2D eigenvalue weighted by Crippen LogP contribution is -2.24. The topological polar surface area (TPSA) is 72.2 Å². The second-order valence-corrected chi connectivity index (χ2v) is 8.82. The minimum Gasteiger partial charge on any atom is -0.356 e. The van der Waals surface area contributed by atoms with Crippen LogP contribution in [0, 0.1) is 13.8 Å². The first-order valence-electron chi connectivity index (χ1n) is 7.13. The zero-order chi connectivity index (χ0) is 17.3. The average Bonchev–Trinajstić information content (AvgIpc) is 3.14. The van der Waals surface area contributed by atoms with Gasteiger partial charge in [-0.15, -0.1) is 11.3 Å². The predicted molar refractivity (Wildman–Crippen MR) is 94.8 cm³/mol. The fourth-order valence-corrected chi connectivity index (χ4v) is 5.47. The van der Waals surface area contributed by atoms with Crippen LogP contribution in [0.3, 0.4) is 0 Å². The zero-order valence-corrected chi connectivity index (χ0v) is 15.4. The van der Waals surface area contributed by atoms with Gasteiger partial charge in [0.05, 0.1) is 11.8 Å². The highest BCUT2D eigenvalue weighted by Crippen LogP contribution is 2.38. The van der Waals surface area contributed by atoms with Gasteiger partial charge in [-0.2, -0.15) is 0 Å². The molecule has 0 saturated carbocycles.